The van der Waals surface area contributed by atoms with Gasteiger partial charge in [0.2, 0.25) is 11.5 Å². The van der Waals surface area contributed by atoms with Gasteiger partial charge in [-0.2, -0.15) is 0 Å². The fourth-order valence-corrected chi connectivity index (χ4v) is 14.9. The van der Waals surface area contributed by atoms with E-state index in [1.807, 2.05) is 0 Å². The first-order chi connectivity index (χ1) is 44.6. The number of para-hydroxylation sites is 5. The highest BCUT2D eigenvalue weighted by Gasteiger charge is 2.36. The third kappa shape index (κ3) is 7.23. The fraction of sp³-hybridized carbons (Fsp3) is 0.0122. The predicted octanol–water partition coefficient (Wildman–Crippen LogP) is 20.7. The molecule has 1 atom stereocenters. The molecule has 13 aromatic carbocycles. The summed E-state index contributed by atoms with van der Waals surface area (Å²) in [6, 6.07) is 107. The smallest absolute Gasteiger partial charge is 0.220 e. The first kappa shape index (κ1) is 49.9. The first-order valence-electron chi connectivity index (χ1n) is 30.5. The van der Waals surface area contributed by atoms with Gasteiger partial charge < -0.3 is 9.13 Å². The minimum Gasteiger partial charge on any atom is -0.310 e. The van der Waals surface area contributed by atoms with E-state index in [-0.39, 0.29) is 5.92 Å². The summed E-state index contributed by atoms with van der Waals surface area (Å²) < 4.78 is 11.8. The van der Waals surface area contributed by atoms with Gasteiger partial charge in [-0.3, -0.25) is 13.5 Å². The Hall–Kier alpha value is -12.3. The van der Waals surface area contributed by atoms with Gasteiger partial charge in [0.15, 0.2) is 0 Å². The Morgan fingerprint density at radius 3 is 1.32 bits per heavy atom. The van der Waals surface area contributed by atoms with Crippen molar-refractivity contribution in [1.29, 1.82) is 0 Å². The molecule has 0 bridgehead atoms. The largest absolute Gasteiger partial charge is 0.310 e. The normalized spacial score (nSPS) is 13.0. The van der Waals surface area contributed by atoms with E-state index in [2.05, 4.69) is 320 Å². The molecule has 19 rings (SSSR count). The highest BCUT2D eigenvalue weighted by atomic mass is 15.2. The molecule has 18 aromatic rings. The van der Waals surface area contributed by atoms with Gasteiger partial charge in [-0.25, -0.2) is 14.8 Å². The van der Waals surface area contributed by atoms with Gasteiger partial charge in [0.1, 0.15) is 5.82 Å². The van der Waals surface area contributed by atoms with Gasteiger partial charge in [0.25, 0.3) is 0 Å². The molecule has 5 aromatic heterocycles. The van der Waals surface area contributed by atoms with Crippen LogP contribution in [0, 0.1) is 6.57 Å². The van der Waals surface area contributed by atoms with E-state index in [0.29, 0.717) is 5.69 Å². The minimum atomic E-state index is -0.136. The van der Waals surface area contributed by atoms with Crippen LogP contribution in [0.4, 0.5) is 5.69 Å². The highest BCUT2D eigenvalue weighted by Crippen LogP contribution is 2.53. The van der Waals surface area contributed by atoms with Crippen LogP contribution in [0.15, 0.2) is 297 Å². The van der Waals surface area contributed by atoms with Crippen molar-refractivity contribution in [3.63, 3.8) is 0 Å². The lowest BCUT2D eigenvalue weighted by Crippen LogP contribution is -2.05. The number of benzene rings is 13. The lowest BCUT2D eigenvalue weighted by Gasteiger charge is -2.24. The van der Waals surface area contributed by atoms with Crippen molar-refractivity contribution in [2.24, 2.45) is 0 Å². The molecule has 0 N–H and O–H groups in total. The van der Waals surface area contributed by atoms with E-state index < -0.39 is 0 Å². The first-order valence-corrected chi connectivity index (χ1v) is 30.5. The van der Waals surface area contributed by atoms with Crippen LogP contribution < -0.4 is 0 Å². The molecule has 8 nitrogen and oxygen atoms in total. The van der Waals surface area contributed by atoms with Crippen molar-refractivity contribution in [1.82, 2.24) is 32.6 Å². The summed E-state index contributed by atoms with van der Waals surface area (Å²) in [6.07, 6.45) is 0. The summed E-state index contributed by atoms with van der Waals surface area (Å²) in [5.74, 6) is 1.63. The average molecular weight is 1150 g/mol. The molecule has 0 radical (unpaired) electrons. The lowest BCUT2D eigenvalue weighted by atomic mass is 9.88. The van der Waals surface area contributed by atoms with Crippen molar-refractivity contribution in [2.75, 3.05) is 0 Å². The average Bonchev–Trinajstić information content (AvgIpc) is 1.52. The fourth-order valence-electron chi connectivity index (χ4n) is 14.9. The van der Waals surface area contributed by atoms with E-state index in [9.17, 15) is 6.57 Å². The molecule has 0 aliphatic carbocycles. The molecular formula is C82H50N8. The second-order valence-electron chi connectivity index (χ2n) is 23.5. The van der Waals surface area contributed by atoms with Crippen LogP contribution in [-0.4, -0.2) is 32.6 Å². The van der Waals surface area contributed by atoms with E-state index in [1.54, 1.807) is 0 Å². The maximum atomic E-state index is 9.99. The SMILES string of the molecule is [C-]#[N+]c1c(-c2ccc3c(c2)-n2c(nc4ccc(-c5ccccc5)cc42)C3c2ccccc2)c(-n2c3ccccc3c3ccccc32)cc(-n2c3ccccc3c3ccccc32)c1-c1ccc2c(c1)n1c3cc(-c4ccccc4)ccc3nc1n2-c1ccccc1. The molecule has 1 aliphatic rings. The summed E-state index contributed by atoms with van der Waals surface area (Å²) in [4.78, 5) is 15.9. The molecule has 0 fully saturated rings. The quantitative estimate of drug-likeness (QED) is 0.142. The molecular weight excluding hydrogens is 1100 g/mol. The maximum absolute atomic E-state index is 9.99. The van der Waals surface area contributed by atoms with Gasteiger partial charge in [-0.15, -0.1) is 0 Å². The Morgan fingerprint density at radius 2 is 0.767 bits per heavy atom. The second-order valence-corrected chi connectivity index (χ2v) is 23.5. The Labute approximate surface area is 516 Å². The highest BCUT2D eigenvalue weighted by molar-refractivity contribution is 6.14. The number of nitrogens with zero attached hydrogens (tertiary/aromatic N) is 8. The van der Waals surface area contributed by atoms with Gasteiger partial charge in [0, 0.05) is 49.7 Å². The lowest BCUT2D eigenvalue weighted by molar-refractivity contribution is 0.910. The molecule has 0 saturated carbocycles. The topological polar surface area (TPSA) is 54.3 Å². The number of hydrogen-bond donors (Lipinski definition) is 0. The predicted molar refractivity (Wildman–Crippen MR) is 368 cm³/mol. The van der Waals surface area contributed by atoms with Crippen molar-refractivity contribution in [2.45, 2.75) is 5.92 Å². The summed E-state index contributed by atoms with van der Waals surface area (Å²) >= 11 is 0. The van der Waals surface area contributed by atoms with Crippen LogP contribution in [0.2, 0.25) is 0 Å². The minimum absolute atomic E-state index is 0.136. The Balaban J connectivity index is 0.964. The van der Waals surface area contributed by atoms with Gasteiger partial charge in [0.05, 0.1) is 73.3 Å². The van der Waals surface area contributed by atoms with Crippen LogP contribution in [0.3, 0.4) is 0 Å². The Bertz CT molecular complexity index is 5930. The Morgan fingerprint density at radius 1 is 0.311 bits per heavy atom. The molecule has 90 heavy (non-hydrogen) atoms. The summed E-state index contributed by atoms with van der Waals surface area (Å²) in [7, 11) is 0. The zero-order chi connectivity index (χ0) is 59.1. The molecule has 0 spiro atoms. The van der Waals surface area contributed by atoms with E-state index in [4.69, 9.17) is 14.8 Å². The molecule has 418 valence electrons. The standard InChI is InChI=1S/C82H50N8/c1-83-80-78(56-38-42-63-71(48-56)89-72-46-54(51-22-6-2-7-23-51)39-43-64(72)84-81(89)77(63)53-26-10-4-11-27-53)75(87-66-34-18-14-30-59(66)60-31-15-19-35-67(60)87)50-76(88-68-36-20-16-32-61(68)62-33-17-21-37-69(62)88)79(80)57-41-45-70-74(49-57)90-73-47-55(52-24-8-3-9-25-52)40-44-65(73)85-82(90)86(70)58-28-12-5-13-29-58/h2-50,77H. The number of hydrogen-bond acceptors (Lipinski definition) is 2. The van der Waals surface area contributed by atoms with Gasteiger partial charge >= 0.3 is 0 Å². The monoisotopic (exact) mass is 1150 g/mol. The molecule has 6 heterocycles. The summed E-state index contributed by atoms with van der Waals surface area (Å²) in [5.41, 5.74) is 24.6. The van der Waals surface area contributed by atoms with Crippen LogP contribution >= 0.6 is 0 Å². The second kappa shape index (κ2) is 19.3. The van der Waals surface area contributed by atoms with Crippen molar-refractivity contribution in [3.05, 3.63) is 326 Å². The zero-order valence-corrected chi connectivity index (χ0v) is 48.4. The number of imidazole rings is 3. The molecule has 0 amide bonds. The third-order valence-corrected chi connectivity index (χ3v) is 18.8. The zero-order valence-electron chi connectivity index (χ0n) is 48.4. The molecule has 1 aliphatic heterocycles. The number of rotatable bonds is 8. The molecule has 1 unspecified atom stereocenters. The number of fused-ring (bicyclic) bond motifs is 16. The summed E-state index contributed by atoms with van der Waals surface area (Å²) in [5, 5.41) is 4.53. The van der Waals surface area contributed by atoms with E-state index >= 15 is 0 Å². The number of aromatic nitrogens is 7. The van der Waals surface area contributed by atoms with Crippen LogP contribution in [-0.2, 0) is 0 Å². The van der Waals surface area contributed by atoms with E-state index in [0.717, 1.165) is 161 Å². The Kier molecular flexibility index (Phi) is 10.7. The van der Waals surface area contributed by atoms with E-state index in [1.165, 1.54) is 5.56 Å². The van der Waals surface area contributed by atoms with Gasteiger partial charge in [-0.1, -0.05) is 212 Å². The molecule has 8 heteroatoms. The maximum Gasteiger partial charge on any atom is 0.220 e. The van der Waals surface area contributed by atoms with Crippen molar-refractivity contribution in [3.8, 4) is 67.3 Å². The summed E-state index contributed by atoms with van der Waals surface area (Å²) in [6.45, 7) is 9.99. The van der Waals surface area contributed by atoms with Crippen molar-refractivity contribution >= 4 is 88.2 Å². The third-order valence-electron chi connectivity index (χ3n) is 18.8. The van der Waals surface area contributed by atoms with Crippen molar-refractivity contribution < 1.29 is 0 Å². The van der Waals surface area contributed by atoms with Gasteiger partial charge in [-0.05, 0) is 129 Å². The van der Waals surface area contributed by atoms with Crippen LogP contribution in [0.1, 0.15) is 22.9 Å². The molecule has 0 saturated heterocycles. The van der Waals surface area contributed by atoms with Crippen LogP contribution in [0.25, 0.3) is 155 Å². The van der Waals surface area contributed by atoms with Crippen LogP contribution in [0.5, 0.6) is 0 Å².